The molecule has 3 heterocycles. The molecule has 0 saturated heterocycles. The van der Waals surface area contributed by atoms with Crippen molar-refractivity contribution in [2.24, 2.45) is 16.6 Å². The van der Waals surface area contributed by atoms with Crippen molar-refractivity contribution in [3.63, 3.8) is 0 Å². The van der Waals surface area contributed by atoms with Gasteiger partial charge < -0.3 is 19.9 Å². The number of halogens is 1. The van der Waals surface area contributed by atoms with Crippen LogP contribution in [-0.2, 0) is 15.0 Å². The zero-order chi connectivity index (χ0) is 20.9. The minimum Gasteiger partial charge on any atom is -0.490 e. The van der Waals surface area contributed by atoms with E-state index < -0.39 is 5.54 Å². The van der Waals surface area contributed by atoms with Gasteiger partial charge in [-0.25, -0.2) is 4.99 Å². The van der Waals surface area contributed by atoms with E-state index >= 15 is 0 Å². The molecule has 2 aromatic rings. The number of rotatable bonds is 3. The second-order valence-corrected chi connectivity index (χ2v) is 9.08. The smallest absolute Gasteiger partial charge is 0.283 e. The number of pyridine rings is 1. The quantitative estimate of drug-likeness (QED) is 0.790. The van der Waals surface area contributed by atoms with Gasteiger partial charge in [0.1, 0.15) is 24.0 Å². The first-order valence-electron chi connectivity index (χ1n) is 10.5. The van der Waals surface area contributed by atoms with Crippen LogP contribution in [0.15, 0.2) is 41.7 Å². The number of aliphatic imine (C=N–C) groups is 1. The Morgan fingerprint density at radius 1 is 1.20 bits per heavy atom. The van der Waals surface area contributed by atoms with Gasteiger partial charge in [0.2, 0.25) is 0 Å². The van der Waals surface area contributed by atoms with E-state index in [0.29, 0.717) is 11.6 Å². The highest BCUT2D eigenvalue weighted by molar-refractivity contribution is 6.30. The molecule has 30 heavy (non-hydrogen) atoms. The van der Waals surface area contributed by atoms with Crippen molar-refractivity contribution in [1.82, 2.24) is 4.98 Å². The summed E-state index contributed by atoms with van der Waals surface area (Å²) in [6, 6.07) is 8.33. The van der Waals surface area contributed by atoms with Gasteiger partial charge in [0.25, 0.3) is 6.02 Å². The zero-order valence-corrected chi connectivity index (χ0v) is 17.9. The third kappa shape index (κ3) is 3.32. The maximum Gasteiger partial charge on any atom is 0.283 e. The molecule has 3 aliphatic rings. The maximum atomic E-state index is 6.46. The largest absolute Gasteiger partial charge is 0.490 e. The van der Waals surface area contributed by atoms with Gasteiger partial charge in [-0.1, -0.05) is 17.7 Å². The van der Waals surface area contributed by atoms with Crippen molar-refractivity contribution in [1.29, 1.82) is 0 Å². The van der Waals surface area contributed by atoms with Crippen LogP contribution in [0, 0.1) is 5.92 Å². The Hall–Kier alpha value is -2.31. The summed E-state index contributed by atoms with van der Waals surface area (Å²) in [6.07, 6.45) is 6.66. The molecule has 1 aromatic heterocycles. The lowest BCUT2D eigenvalue weighted by atomic mass is 9.67. The van der Waals surface area contributed by atoms with Crippen LogP contribution in [-0.4, -0.2) is 35.9 Å². The number of hydrogen-bond acceptors (Lipinski definition) is 6. The van der Waals surface area contributed by atoms with Crippen LogP contribution in [0.5, 0.6) is 5.75 Å². The first-order chi connectivity index (χ1) is 14.4. The van der Waals surface area contributed by atoms with E-state index in [9.17, 15) is 0 Å². The number of nitrogens with two attached hydrogens (primary N) is 1. The molecule has 2 unspecified atom stereocenters. The third-order valence-electron chi connectivity index (χ3n) is 6.33. The summed E-state index contributed by atoms with van der Waals surface area (Å²) >= 11 is 6.17. The van der Waals surface area contributed by atoms with E-state index in [0.717, 1.165) is 41.7 Å². The van der Waals surface area contributed by atoms with Crippen molar-refractivity contribution >= 4 is 17.6 Å². The van der Waals surface area contributed by atoms with Crippen LogP contribution in [0.3, 0.4) is 0 Å². The van der Waals surface area contributed by atoms with Gasteiger partial charge in [0.15, 0.2) is 0 Å². The average Bonchev–Trinajstić information content (AvgIpc) is 3.10. The van der Waals surface area contributed by atoms with Crippen molar-refractivity contribution in [3.8, 4) is 16.9 Å². The molecule has 0 radical (unpaired) electrons. The molecule has 1 aliphatic carbocycles. The summed E-state index contributed by atoms with van der Waals surface area (Å²) in [7, 11) is 0. The van der Waals surface area contributed by atoms with Gasteiger partial charge in [-0.3, -0.25) is 4.98 Å². The molecule has 2 N–H and O–H groups in total. The van der Waals surface area contributed by atoms with Gasteiger partial charge >= 0.3 is 0 Å². The Bertz CT molecular complexity index is 995. The third-order valence-corrected chi connectivity index (χ3v) is 6.54. The minimum atomic E-state index is -0.566. The second kappa shape index (κ2) is 7.43. The van der Waals surface area contributed by atoms with Gasteiger partial charge in [0, 0.05) is 29.4 Å². The molecule has 158 valence electrons. The van der Waals surface area contributed by atoms with Crippen molar-refractivity contribution < 1.29 is 14.2 Å². The Morgan fingerprint density at radius 2 is 2.07 bits per heavy atom. The second-order valence-electron chi connectivity index (χ2n) is 8.65. The lowest BCUT2D eigenvalue weighted by Gasteiger charge is -2.48. The number of benzene rings is 1. The molecule has 1 fully saturated rings. The highest BCUT2D eigenvalue weighted by Crippen LogP contribution is 2.53. The highest BCUT2D eigenvalue weighted by Gasteiger charge is 2.55. The Balaban J connectivity index is 1.59. The van der Waals surface area contributed by atoms with Crippen LogP contribution in [0.25, 0.3) is 11.1 Å². The van der Waals surface area contributed by atoms with E-state index in [4.69, 9.17) is 36.5 Å². The predicted octanol–water partition coefficient (Wildman–Crippen LogP) is 4.30. The first-order valence-corrected chi connectivity index (χ1v) is 10.9. The number of nitrogens with zero attached hydrogens (tertiary/aromatic N) is 2. The van der Waals surface area contributed by atoms with Crippen molar-refractivity contribution in [2.45, 2.75) is 57.0 Å². The molecule has 6 nitrogen and oxygen atoms in total. The molecule has 0 amide bonds. The number of ether oxygens (including phenoxy) is 3. The molecule has 0 bridgehead atoms. The summed E-state index contributed by atoms with van der Waals surface area (Å²) < 4.78 is 18.4. The lowest BCUT2D eigenvalue weighted by Crippen LogP contribution is -2.52. The summed E-state index contributed by atoms with van der Waals surface area (Å²) in [5.41, 5.74) is 8.43. The number of aromatic nitrogens is 1. The van der Waals surface area contributed by atoms with E-state index in [1.807, 2.05) is 24.4 Å². The van der Waals surface area contributed by atoms with Crippen LogP contribution in [0.2, 0.25) is 5.02 Å². The topological polar surface area (TPSA) is 79.0 Å². The van der Waals surface area contributed by atoms with E-state index in [1.54, 1.807) is 6.20 Å². The molecular formula is C23H26ClN3O3. The molecule has 1 spiro atoms. The van der Waals surface area contributed by atoms with E-state index in [-0.39, 0.29) is 30.3 Å². The highest BCUT2D eigenvalue weighted by atomic mass is 35.5. The first kappa shape index (κ1) is 19.6. The van der Waals surface area contributed by atoms with Crippen molar-refractivity contribution in [2.75, 3.05) is 6.61 Å². The number of amidine groups is 1. The standard InChI is InChI=1S/C23H26ClN3O3/c1-13(2)29-17-4-6-21-19(9-17)23(12-28-22(25)27-23)18-8-14(3-5-20(18)30-21)15-7-16(24)11-26-10-15/h3,5,7-8,10-11,13,17,19,21H,4,6,9,12H2,1-2H3,(H2,25,27)/t17?,19-,21?,23+/m0/s1. The zero-order valence-electron chi connectivity index (χ0n) is 17.2. The van der Waals surface area contributed by atoms with Gasteiger partial charge in [-0.05, 0) is 56.9 Å². The van der Waals surface area contributed by atoms with Crippen LogP contribution in [0.4, 0.5) is 0 Å². The van der Waals surface area contributed by atoms with Crippen LogP contribution >= 0.6 is 11.6 Å². The predicted molar refractivity (Wildman–Crippen MR) is 116 cm³/mol. The van der Waals surface area contributed by atoms with Crippen molar-refractivity contribution in [3.05, 3.63) is 47.2 Å². The molecule has 1 saturated carbocycles. The Morgan fingerprint density at radius 3 is 2.80 bits per heavy atom. The van der Waals surface area contributed by atoms with Gasteiger partial charge in [0.05, 0.1) is 17.2 Å². The van der Waals surface area contributed by atoms with Crippen LogP contribution in [0.1, 0.15) is 38.7 Å². The SMILES string of the molecule is CC(C)OC1CCC2Oc3ccc(-c4cncc(Cl)c4)cc3[C@]3(COC(N)=N3)[C@H]2C1. The summed E-state index contributed by atoms with van der Waals surface area (Å²) in [6.45, 7) is 4.57. The monoisotopic (exact) mass is 427 g/mol. The maximum absolute atomic E-state index is 6.46. The molecule has 1 aromatic carbocycles. The Labute approximate surface area is 181 Å². The fourth-order valence-corrected chi connectivity index (χ4v) is 5.29. The van der Waals surface area contributed by atoms with Crippen LogP contribution < -0.4 is 10.5 Å². The minimum absolute atomic E-state index is 0.0708. The van der Waals surface area contributed by atoms with Gasteiger partial charge in [-0.15, -0.1) is 0 Å². The number of hydrogen-bond donors (Lipinski definition) is 1. The summed E-state index contributed by atoms with van der Waals surface area (Å²) in [5.74, 6) is 0.983. The molecule has 4 atom stereocenters. The average molecular weight is 428 g/mol. The summed E-state index contributed by atoms with van der Waals surface area (Å²) in [5, 5.41) is 0.601. The van der Waals surface area contributed by atoms with Gasteiger partial charge in [-0.2, -0.15) is 0 Å². The van der Waals surface area contributed by atoms with E-state index in [1.165, 1.54) is 0 Å². The normalized spacial score (nSPS) is 29.7. The Kier molecular flexibility index (Phi) is 4.86. The summed E-state index contributed by atoms with van der Waals surface area (Å²) in [4.78, 5) is 9.09. The fraction of sp³-hybridized carbons (Fsp3) is 0.478. The lowest BCUT2D eigenvalue weighted by molar-refractivity contribution is -0.0791. The fourth-order valence-electron chi connectivity index (χ4n) is 5.11. The molecule has 2 aliphatic heterocycles. The molecule has 7 heteroatoms. The molecule has 5 rings (SSSR count). The number of fused-ring (bicyclic) bond motifs is 4. The van der Waals surface area contributed by atoms with E-state index in [2.05, 4.69) is 24.9 Å². The molecular weight excluding hydrogens is 402 g/mol.